The molecule has 134 valence electrons. The Morgan fingerprint density at radius 1 is 1.04 bits per heavy atom. The van der Waals surface area contributed by atoms with Crippen molar-refractivity contribution in [2.75, 3.05) is 46.4 Å². The van der Waals surface area contributed by atoms with Crippen molar-refractivity contribution in [2.45, 2.75) is 26.4 Å². The molecule has 5 heteroatoms. The summed E-state index contributed by atoms with van der Waals surface area (Å²) < 4.78 is 5.48. The molecule has 0 bridgehead atoms. The maximum Gasteiger partial charge on any atom is 0.0690 e. The van der Waals surface area contributed by atoms with Gasteiger partial charge in [0.15, 0.2) is 0 Å². The number of ether oxygens (including phenoxy) is 1. The fraction of sp³-hybridized carbons (Fsp3) is 0.550. The fourth-order valence-electron chi connectivity index (χ4n) is 4.01. The average molecular weight is 340 g/mol. The Hall–Kier alpha value is -1.85. The molecule has 1 aromatic rings. The van der Waals surface area contributed by atoms with E-state index in [0.717, 1.165) is 58.9 Å². The fourth-order valence-corrected chi connectivity index (χ4v) is 4.01. The number of hydrogen-bond acceptors (Lipinski definition) is 5. The first kappa shape index (κ1) is 16.6. The van der Waals surface area contributed by atoms with Crippen LogP contribution >= 0.6 is 0 Å². The van der Waals surface area contributed by atoms with Crippen molar-refractivity contribution in [3.63, 3.8) is 0 Å². The molecule has 3 aliphatic heterocycles. The lowest BCUT2D eigenvalue weighted by Crippen LogP contribution is -2.36. The third-order valence-electron chi connectivity index (χ3n) is 5.53. The molecule has 0 spiro atoms. The highest BCUT2D eigenvalue weighted by Gasteiger charge is 2.27. The zero-order valence-corrected chi connectivity index (χ0v) is 15.4. The van der Waals surface area contributed by atoms with Gasteiger partial charge in [-0.15, -0.1) is 0 Å². The van der Waals surface area contributed by atoms with Crippen LogP contribution in [0, 0.1) is 0 Å². The van der Waals surface area contributed by atoms with E-state index >= 15 is 0 Å². The van der Waals surface area contributed by atoms with E-state index in [1.807, 2.05) is 0 Å². The van der Waals surface area contributed by atoms with Gasteiger partial charge in [-0.25, -0.2) is 0 Å². The summed E-state index contributed by atoms with van der Waals surface area (Å²) >= 11 is 0. The van der Waals surface area contributed by atoms with Gasteiger partial charge in [0.25, 0.3) is 0 Å². The summed E-state index contributed by atoms with van der Waals surface area (Å²) in [5.41, 5.74) is 7.01. The van der Waals surface area contributed by atoms with Crippen LogP contribution in [0.3, 0.4) is 0 Å². The minimum atomic E-state index is 0.856. The van der Waals surface area contributed by atoms with Crippen LogP contribution in [0.2, 0.25) is 0 Å². The molecule has 1 fully saturated rings. The molecule has 25 heavy (non-hydrogen) atoms. The van der Waals surface area contributed by atoms with Gasteiger partial charge in [-0.3, -0.25) is 9.91 Å². The monoisotopic (exact) mass is 340 g/mol. The SMILES string of the molecule is CC1=C2CN(C)N=C2CCN1Cc1ccccc1CN1CCOCC1. The van der Waals surface area contributed by atoms with Crippen LogP contribution in [-0.2, 0) is 17.8 Å². The van der Waals surface area contributed by atoms with Gasteiger partial charge in [-0.1, -0.05) is 24.3 Å². The van der Waals surface area contributed by atoms with E-state index in [1.165, 1.54) is 28.1 Å². The largest absolute Gasteiger partial charge is 0.379 e. The Kier molecular flexibility index (Phi) is 4.77. The van der Waals surface area contributed by atoms with Crippen LogP contribution in [0.4, 0.5) is 0 Å². The number of fused-ring (bicyclic) bond motifs is 1. The molecular formula is C20H28N4O. The van der Waals surface area contributed by atoms with Gasteiger partial charge >= 0.3 is 0 Å². The second-order valence-electron chi connectivity index (χ2n) is 7.26. The van der Waals surface area contributed by atoms with E-state index in [9.17, 15) is 0 Å². The van der Waals surface area contributed by atoms with Crippen molar-refractivity contribution in [1.82, 2.24) is 14.8 Å². The highest BCUT2D eigenvalue weighted by molar-refractivity contribution is 6.03. The van der Waals surface area contributed by atoms with Crippen LogP contribution in [0.5, 0.6) is 0 Å². The number of nitrogens with zero attached hydrogens (tertiary/aromatic N) is 4. The molecule has 3 heterocycles. The number of benzene rings is 1. The van der Waals surface area contributed by atoms with E-state index in [4.69, 9.17) is 4.74 Å². The lowest BCUT2D eigenvalue weighted by Gasteiger charge is -2.32. The molecule has 1 saturated heterocycles. The van der Waals surface area contributed by atoms with Crippen molar-refractivity contribution in [2.24, 2.45) is 5.10 Å². The Bertz CT molecular complexity index is 691. The molecule has 0 unspecified atom stereocenters. The first-order valence-electron chi connectivity index (χ1n) is 9.31. The third kappa shape index (κ3) is 3.58. The second-order valence-corrected chi connectivity index (χ2v) is 7.26. The molecule has 0 atom stereocenters. The molecule has 0 N–H and O–H groups in total. The topological polar surface area (TPSA) is 31.3 Å². The van der Waals surface area contributed by atoms with Crippen LogP contribution in [0.1, 0.15) is 24.5 Å². The Morgan fingerprint density at radius 3 is 2.52 bits per heavy atom. The molecule has 0 radical (unpaired) electrons. The third-order valence-corrected chi connectivity index (χ3v) is 5.53. The first-order valence-corrected chi connectivity index (χ1v) is 9.31. The molecular weight excluding hydrogens is 312 g/mol. The van der Waals surface area contributed by atoms with Gasteiger partial charge in [-0.05, 0) is 18.1 Å². The molecule has 4 rings (SSSR count). The average Bonchev–Trinajstić information content (AvgIpc) is 3.01. The molecule has 0 aromatic heterocycles. The number of rotatable bonds is 4. The molecule has 0 amide bonds. The minimum absolute atomic E-state index is 0.856. The van der Waals surface area contributed by atoms with E-state index in [0.29, 0.717) is 0 Å². The quantitative estimate of drug-likeness (QED) is 0.842. The van der Waals surface area contributed by atoms with Gasteiger partial charge in [-0.2, -0.15) is 5.10 Å². The lowest BCUT2D eigenvalue weighted by molar-refractivity contribution is 0.0340. The van der Waals surface area contributed by atoms with Gasteiger partial charge in [0.05, 0.1) is 25.5 Å². The maximum atomic E-state index is 5.48. The predicted molar refractivity (Wildman–Crippen MR) is 100 cm³/mol. The number of morpholine rings is 1. The second kappa shape index (κ2) is 7.18. The standard InChI is InChI=1S/C20H28N4O/c1-16-19-15-22(2)21-20(19)7-8-24(16)14-18-6-4-3-5-17(18)13-23-9-11-25-12-10-23/h3-6H,7-15H2,1-2H3. The normalized spacial score (nSPS) is 21.6. The summed E-state index contributed by atoms with van der Waals surface area (Å²) in [5.74, 6) is 0. The van der Waals surface area contributed by atoms with Crippen LogP contribution in [0.15, 0.2) is 40.6 Å². The van der Waals surface area contributed by atoms with E-state index in [1.54, 1.807) is 0 Å². The van der Waals surface area contributed by atoms with E-state index in [2.05, 4.69) is 58.1 Å². The van der Waals surface area contributed by atoms with Gasteiger partial charge in [0.2, 0.25) is 0 Å². The van der Waals surface area contributed by atoms with Gasteiger partial charge < -0.3 is 9.64 Å². The van der Waals surface area contributed by atoms with Crippen LogP contribution in [-0.4, -0.2) is 67.0 Å². The molecule has 3 aliphatic rings. The Labute approximate surface area is 150 Å². The Morgan fingerprint density at radius 2 is 1.76 bits per heavy atom. The molecule has 0 saturated carbocycles. The maximum absolute atomic E-state index is 5.48. The lowest BCUT2D eigenvalue weighted by atomic mass is 9.99. The number of hydrogen-bond donors (Lipinski definition) is 0. The number of hydrazone groups is 1. The summed E-state index contributed by atoms with van der Waals surface area (Å²) in [6.07, 6.45) is 1.06. The smallest absolute Gasteiger partial charge is 0.0690 e. The van der Waals surface area contributed by atoms with Crippen molar-refractivity contribution >= 4 is 5.71 Å². The zero-order valence-electron chi connectivity index (χ0n) is 15.4. The van der Waals surface area contributed by atoms with Crippen molar-refractivity contribution in [3.8, 4) is 0 Å². The zero-order chi connectivity index (χ0) is 17.2. The molecule has 0 aliphatic carbocycles. The van der Waals surface area contributed by atoms with Crippen LogP contribution in [0.25, 0.3) is 0 Å². The van der Waals surface area contributed by atoms with E-state index < -0.39 is 0 Å². The molecule has 1 aromatic carbocycles. The van der Waals surface area contributed by atoms with Gasteiger partial charge in [0, 0.05) is 57.5 Å². The summed E-state index contributed by atoms with van der Waals surface area (Å²) in [6, 6.07) is 8.91. The number of allylic oxidation sites excluding steroid dienone is 1. The number of likely N-dealkylation sites (N-methyl/N-ethyl adjacent to an activating group) is 1. The van der Waals surface area contributed by atoms with Gasteiger partial charge in [0.1, 0.15) is 0 Å². The van der Waals surface area contributed by atoms with Crippen LogP contribution < -0.4 is 0 Å². The van der Waals surface area contributed by atoms with E-state index in [-0.39, 0.29) is 0 Å². The van der Waals surface area contributed by atoms with Crippen molar-refractivity contribution in [3.05, 3.63) is 46.7 Å². The van der Waals surface area contributed by atoms with Crippen molar-refractivity contribution < 1.29 is 4.74 Å². The summed E-state index contributed by atoms with van der Waals surface area (Å²) in [5, 5.41) is 6.70. The summed E-state index contributed by atoms with van der Waals surface area (Å²) in [6.45, 7) is 10.1. The first-order chi connectivity index (χ1) is 12.2. The summed E-state index contributed by atoms with van der Waals surface area (Å²) in [7, 11) is 2.06. The Balaban J connectivity index is 1.50. The summed E-state index contributed by atoms with van der Waals surface area (Å²) in [4.78, 5) is 5.03. The minimum Gasteiger partial charge on any atom is -0.379 e. The highest BCUT2D eigenvalue weighted by atomic mass is 16.5. The highest BCUT2D eigenvalue weighted by Crippen LogP contribution is 2.27. The van der Waals surface area contributed by atoms with Crippen molar-refractivity contribution in [1.29, 1.82) is 0 Å². The molecule has 5 nitrogen and oxygen atoms in total. The predicted octanol–water partition coefficient (Wildman–Crippen LogP) is 2.30.